The Morgan fingerprint density at radius 3 is 2.69 bits per heavy atom. The largest absolute Gasteiger partial charge is 0.464 e. The molecule has 0 bridgehead atoms. The van der Waals surface area contributed by atoms with Gasteiger partial charge >= 0.3 is 5.97 Å². The van der Waals surface area contributed by atoms with E-state index in [1.54, 1.807) is 0 Å². The van der Waals surface area contributed by atoms with E-state index in [-0.39, 0.29) is 18.2 Å². The number of ether oxygens (including phenoxy) is 2. The van der Waals surface area contributed by atoms with E-state index in [0.29, 0.717) is 13.2 Å². The fourth-order valence-corrected chi connectivity index (χ4v) is 2.25. The van der Waals surface area contributed by atoms with Gasteiger partial charge in [0, 0.05) is 6.54 Å². The molecule has 0 aromatic heterocycles. The van der Waals surface area contributed by atoms with Gasteiger partial charge in [0.15, 0.2) is 6.10 Å². The van der Waals surface area contributed by atoms with Crippen molar-refractivity contribution in [2.24, 2.45) is 11.7 Å². The Morgan fingerprint density at radius 1 is 1.31 bits per heavy atom. The molecule has 2 N–H and O–H groups in total. The molecule has 0 spiro atoms. The summed E-state index contributed by atoms with van der Waals surface area (Å²) in [4.78, 5) is 11.6. The molecule has 2 rings (SSSR count). The predicted octanol–water partition coefficient (Wildman–Crippen LogP) is 1.23. The number of esters is 1. The van der Waals surface area contributed by atoms with Crippen molar-refractivity contribution in [3.63, 3.8) is 0 Å². The van der Waals surface area contributed by atoms with Crippen molar-refractivity contribution >= 4 is 5.97 Å². The number of carbonyl (C=O) groups excluding carboxylic acids is 1. The molecule has 92 valence electrons. The second-order valence-electron chi connectivity index (χ2n) is 4.81. The highest BCUT2D eigenvalue weighted by Gasteiger charge is 2.31. The van der Waals surface area contributed by atoms with E-state index in [2.05, 4.69) is 0 Å². The lowest BCUT2D eigenvalue weighted by atomic mass is 9.83. The minimum absolute atomic E-state index is 0.0455. The Labute approximate surface area is 96.5 Å². The van der Waals surface area contributed by atoms with Crippen molar-refractivity contribution in [3.8, 4) is 0 Å². The smallest absolute Gasteiger partial charge is 0.335 e. The van der Waals surface area contributed by atoms with Crippen molar-refractivity contribution in [3.05, 3.63) is 0 Å². The summed E-state index contributed by atoms with van der Waals surface area (Å²) < 4.78 is 10.7. The second-order valence-corrected chi connectivity index (χ2v) is 4.81. The van der Waals surface area contributed by atoms with E-state index < -0.39 is 0 Å². The minimum Gasteiger partial charge on any atom is -0.464 e. The maximum Gasteiger partial charge on any atom is 0.335 e. The molecule has 2 unspecified atom stereocenters. The van der Waals surface area contributed by atoms with Gasteiger partial charge in [0.05, 0.1) is 12.7 Å². The van der Waals surface area contributed by atoms with Gasteiger partial charge in [-0.25, -0.2) is 4.79 Å². The van der Waals surface area contributed by atoms with E-state index in [1.807, 2.05) is 0 Å². The average molecular weight is 227 g/mol. The van der Waals surface area contributed by atoms with Gasteiger partial charge in [0.1, 0.15) is 0 Å². The van der Waals surface area contributed by atoms with Crippen molar-refractivity contribution in [2.75, 3.05) is 13.2 Å². The van der Waals surface area contributed by atoms with Gasteiger partial charge in [0.25, 0.3) is 0 Å². The maximum absolute atomic E-state index is 11.6. The molecule has 1 saturated carbocycles. The molecule has 1 aliphatic heterocycles. The number of hydrogen-bond donors (Lipinski definition) is 1. The number of carbonyl (C=O) groups is 1. The molecule has 1 saturated heterocycles. The van der Waals surface area contributed by atoms with E-state index in [0.717, 1.165) is 25.2 Å². The first-order valence-electron chi connectivity index (χ1n) is 6.31. The van der Waals surface area contributed by atoms with Gasteiger partial charge in [-0.1, -0.05) is 19.3 Å². The molecule has 2 aliphatic rings. The van der Waals surface area contributed by atoms with Crippen LogP contribution in [0.25, 0.3) is 0 Å². The molecule has 0 radical (unpaired) electrons. The highest BCUT2D eigenvalue weighted by atomic mass is 16.6. The molecule has 16 heavy (non-hydrogen) atoms. The number of nitrogens with two attached hydrogens (primary N) is 1. The van der Waals surface area contributed by atoms with Crippen LogP contribution < -0.4 is 5.73 Å². The molecule has 1 heterocycles. The van der Waals surface area contributed by atoms with Gasteiger partial charge in [-0.15, -0.1) is 0 Å². The van der Waals surface area contributed by atoms with Gasteiger partial charge < -0.3 is 15.2 Å². The standard InChI is InChI=1S/C12H21NO3/c13-8-10-4-5-11(16-10)12(14)15-7-6-9-2-1-3-9/h9-11H,1-8,13H2. The summed E-state index contributed by atoms with van der Waals surface area (Å²) in [5, 5.41) is 0. The third kappa shape index (κ3) is 2.95. The van der Waals surface area contributed by atoms with Crippen LogP contribution in [0.3, 0.4) is 0 Å². The zero-order chi connectivity index (χ0) is 11.4. The van der Waals surface area contributed by atoms with Gasteiger partial charge in [-0.3, -0.25) is 0 Å². The maximum atomic E-state index is 11.6. The fourth-order valence-electron chi connectivity index (χ4n) is 2.25. The third-order valence-electron chi connectivity index (χ3n) is 3.63. The molecule has 0 aromatic carbocycles. The SMILES string of the molecule is NCC1CCC(C(=O)OCCC2CCC2)O1. The van der Waals surface area contributed by atoms with Crippen molar-refractivity contribution in [2.45, 2.75) is 50.7 Å². The summed E-state index contributed by atoms with van der Waals surface area (Å²) in [7, 11) is 0. The predicted molar refractivity (Wildman–Crippen MR) is 59.9 cm³/mol. The molecule has 0 aromatic rings. The van der Waals surface area contributed by atoms with Crippen LogP contribution in [0.15, 0.2) is 0 Å². The topological polar surface area (TPSA) is 61.6 Å². The monoisotopic (exact) mass is 227 g/mol. The van der Waals surface area contributed by atoms with E-state index in [4.69, 9.17) is 15.2 Å². The first-order chi connectivity index (χ1) is 7.79. The summed E-state index contributed by atoms with van der Waals surface area (Å²) in [6.07, 6.45) is 6.25. The summed E-state index contributed by atoms with van der Waals surface area (Å²) in [6.45, 7) is 1.04. The lowest BCUT2D eigenvalue weighted by Gasteiger charge is -2.25. The molecule has 2 atom stereocenters. The van der Waals surface area contributed by atoms with E-state index >= 15 is 0 Å². The quantitative estimate of drug-likeness (QED) is 0.717. The lowest BCUT2D eigenvalue weighted by Crippen LogP contribution is -2.27. The Hall–Kier alpha value is -0.610. The van der Waals surface area contributed by atoms with Crippen LogP contribution in [-0.2, 0) is 14.3 Å². The Bertz CT molecular complexity index is 240. The molecular weight excluding hydrogens is 206 g/mol. The van der Waals surface area contributed by atoms with Crippen LogP contribution in [0.5, 0.6) is 0 Å². The Kier molecular flexibility index (Phi) is 4.18. The first-order valence-corrected chi connectivity index (χ1v) is 6.31. The van der Waals surface area contributed by atoms with Gasteiger partial charge in [-0.05, 0) is 25.2 Å². The third-order valence-corrected chi connectivity index (χ3v) is 3.63. The molecule has 1 aliphatic carbocycles. The highest BCUT2D eigenvalue weighted by molar-refractivity contribution is 5.74. The lowest BCUT2D eigenvalue weighted by molar-refractivity contribution is -0.156. The highest BCUT2D eigenvalue weighted by Crippen LogP contribution is 2.29. The normalized spacial score (nSPS) is 30.1. The van der Waals surface area contributed by atoms with E-state index in [1.165, 1.54) is 19.3 Å². The van der Waals surface area contributed by atoms with Crippen LogP contribution in [0, 0.1) is 5.92 Å². The number of hydrogen-bond acceptors (Lipinski definition) is 4. The summed E-state index contributed by atoms with van der Waals surface area (Å²) >= 11 is 0. The molecule has 4 heteroatoms. The van der Waals surface area contributed by atoms with Crippen LogP contribution in [0.2, 0.25) is 0 Å². The van der Waals surface area contributed by atoms with Crippen LogP contribution in [-0.4, -0.2) is 31.3 Å². The van der Waals surface area contributed by atoms with Crippen LogP contribution in [0.1, 0.15) is 38.5 Å². The molecule has 4 nitrogen and oxygen atoms in total. The number of rotatable bonds is 5. The molecule has 2 fully saturated rings. The summed E-state index contributed by atoms with van der Waals surface area (Å²) in [6, 6.07) is 0. The van der Waals surface area contributed by atoms with Crippen molar-refractivity contribution in [1.82, 2.24) is 0 Å². The van der Waals surface area contributed by atoms with Gasteiger partial charge in [-0.2, -0.15) is 0 Å². The van der Waals surface area contributed by atoms with E-state index in [9.17, 15) is 4.79 Å². The molecular formula is C12H21NO3. The first kappa shape index (κ1) is 11.9. The fraction of sp³-hybridized carbons (Fsp3) is 0.917. The summed E-state index contributed by atoms with van der Waals surface area (Å²) in [5.74, 6) is 0.587. The molecule has 0 amide bonds. The zero-order valence-electron chi connectivity index (χ0n) is 9.69. The Balaban J connectivity index is 1.60. The van der Waals surface area contributed by atoms with Crippen LogP contribution in [0.4, 0.5) is 0 Å². The van der Waals surface area contributed by atoms with Gasteiger partial charge in [0.2, 0.25) is 0 Å². The zero-order valence-corrected chi connectivity index (χ0v) is 9.69. The summed E-state index contributed by atoms with van der Waals surface area (Å²) in [5.41, 5.74) is 5.48. The van der Waals surface area contributed by atoms with Crippen molar-refractivity contribution < 1.29 is 14.3 Å². The average Bonchev–Trinajstić information content (AvgIpc) is 2.69. The Morgan fingerprint density at radius 2 is 2.12 bits per heavy atom. The van der Waals surface area contributed by atoms with Crippen molar-refractivity contribution in [1.29, 1.82) is 0 Å². The van der Waals surface area contributed by atoms with Crippen LogP contribution >= 0.6 is 0 Å². The second kappa shape index (κ2) is 5.64. The minimum atomic E-state index is -0.366.